The minimum atomic E-state index is -0.259. The Hall–Kier alpha value is -1.88. The van der Waals surface area contributed by atoms with Gasteiger partial charge in [-0.3, -0.25) is 9.48 Å². The van der Waals surface area contributed by atoms with Crippen molar-refractivity contribution in [2.75, 3.05) is 0 Å². The molecule has 7 rings (SSSR count). The molecule has 5 fully saturated rings. The van der Waals surface area contributed by atoms with E-state index in [4.69, 9.17) is 5.10 Å². The molecule has 0 radical (unpaired) electrons. The van der Waals surface area contributed by atoms with E-state index in [2.05, 4.69) is 30.0 Å². The Bertz CT molecular complexity index is 1020. The Kier molecular flexibility index (Phi) is 3.97. The van der Waals surface area contributed by atoms with Crippen LogP contribution in [-0.2, 0) is 11.8 Å². The lowest BCUT2D eigenvalue weighted by Crippen LogP contribution is -2.56. The van der Waals surface area contributed by atoms with Gasteiger partial charge in [-0.2, -0.15) is 5.10 Å². The molecule has 3 aliphatic carbocycles. The molecule has 5 nitrogen and oxygen atoms in total. The van der Waals surface area contributed by atoms with E-state index in [-0.39, 0.29) is 35.4 Å². The summed E-state index contributed by atoms with van der Waals surface area (Å²) in [7, 11) is 1.99. The highest BCUT2D eigenvalue weighted by Crippen LogP contribution is 2.54. The third-order valence-electron chi connectivity index (χ3n) is 8.62. The van der Waals surface area contributed by atoms with Crippen molar-refractivity contribution in [1.29, 1.82) is 0 Å². The minimum Gasteiger partial charge on any atom is -0.393 e. The highest BCUT2D eigenvalue weighted by molar-refractivity contribution is 5.93. The SMILES string of the molecule is CC(C(=O)N1C2CC(O)C3CC1CC(C)(C3)C2)c1nn(C)c2cccc(C3CC3)c12. The van der Waals surface area contributed by atoms with Crippen molar-refractivity contribution in [3.63, 3.8) is 0 Å². The second-order valence-electron chi connectivity index (χ2n) is 11.0. The molecule has 2 saturated heterocycles. The molecule has 2 aliphatic heterocycles. The summed E-state index contributed by atoms with van der Waals surface area (Å²) in [5.41, 5.74) is 3.73. The number of piperidine rings is 1. The van der Waals surface area contributed by atoms with Gasteiger partial charge in [0.1, 0.15) is 0 Å². The number of nitrogens with zero attached hydrogens (tertiary/aromatic N) is 3. The number of carbonyl (C=O) groups excluding carboxylic acids is 1. The van der Waals surface area contributed by atoms with Gasteiger partial charge in [0.15, 0.2) is 0 Å². The van der Waals surface area contributed by atoms with Gasteiger partial charge in [0.25, 0.3) is 0 Å². The summed E-state index contributed by atoms with van der Waals surface area (Å²) >= 11 is 0. The molecule has 3 saturated carbocycles. The van der Waals surface area contributed by atoms with Gasteiger partial charge >= 0.3 is 0 Å². The average molecular weight is 408 g/mol. The molecular weight excluding hydrogens is 374 g/mol. The largest absolute Gasteiger partial charge is 0.393 e. The molecule has 4 bridgehead atoms. The molecule has 0 spiro atoms. The van der Waals surface area contributed by atoms with Crippen LogP contribution in [0.25, 0.3) is 10.9 Å². The lowest BCUT2D eigenvalue weighted by molar-refractivity contribution is -0.144. The van der Waals surface area contributed by atoms with Crippen molar-refractivity contribution in [2.24, 2.45) is 18.4 Å². The minimum absolute atomic E-state index is 0.170. The molecule has 3 heterocycles. The normalized spacial score (nSPS) is 36.3. The second kappa shape index (κ2) is 6.32. The third kappa shape index (κ3) is 2.70. The quantitative estimate of drug-likeness (QED) is 0.834. The first-order chi connectivity index (χ1) is 14.3. The van der Waals surface area contributed by atoms with Crippen LogP contribution in [-0.4, -0.2) is 43.9 Å². The maximum Gasteiger partial charge on any atom is 0.232 e. The monoisotopic (exact) mass is 407 g/mol. The summed E-state index contributed by atoms with van der Waals surface area (Å²) in [6.45, 7) is 4.42. The molecule has 1 N–H and O–H groups in total. The first kappa shape index (κ1) is 18.9. The maximum atomic E-state index is 13.9. The molecule has 30 heavy (non-hydrogen) atoms. The summed E-state index contributed by atoms with van der Waals surface area (Å²) in [5, 5.41) is 16.8. The molecule has 1 amide bonds. The van der Waals surface area contributed by atoms with Crippen molar-refractivity contribution in [3.05, 3.63) is 29.5 Å². The molecule has 6 atom stereocenters. The van der Waals surface area contributed by atoms with Gasteiger partial charge in [0, 0.05) is 24.5 Å². The third-order valence-corrected chi connectivity index (χ3v) is 8.62. The van der Waals surface area contributed by atoms with E-state index in [1.54, 1.807) is 0 Å². The van der Waals surface area contributed by atoms with Gasteiger partial charge in [-0.25, -0.2) is 0 Å². The van der Waals surface area contributed by atoms with Crippen LogP contribution < -0.4 is 0 Å². The fourth-order valence-electron chi connectivity index (χ4n) is 7.22. The summed E-state index contributed by atoms with van der Waals surface area (Å²) in [6, 6.07) is 6.93. The molecule has 5 aliphatic rings. The smallest absolute Gasteiger partial charge is 0.232 e. The lowest BCUT2D eigenvalue weighted by atomic mass is 9.64. The van der Waals surface area contributed by atoms with Gasteiger partial charge in [-0.05, 0) is 80.8 Å². The van der Waals surface area contributed by atoms with E-state index in [1.807, 2.05) is 18.7 Å². The number of amides is 1. The highest BCUT2D eigenvalue weighted by Gasteiger charge is 2.54. The van der Waals surface area contributed by atoms with Gasteiger partial charge in [0.05, 0.1) is 23.2 Å². The van der Waals surface area contributed by atoms with Crippen LogP contribution in [0.5, 0.6) is 0 Å². The van der Waals surface area contributed by atoms with E-state index in [9.17, 15) is 9.90 Å². The van der Waals surface area contributed by atoms with Crippen LogP contribution in [0.15, 0.2) is 18.2 Å². The van der Waals surface area contributed by atoms with E-state index in [1.165, 1.54) is 23.8 Å². The number of hydrogen-bond acceptors (Lipinski definition) is 3. The Labute approximate surface area is 178 Å². The zero-order valence-electron chi connectivity index (χ0n) is 18.3. The first-order valence-corrected chi connectivity index (χ1v) is 11.8. The average Bonchev–Trinajstić information content (AvgIpc) is 3.50. The van der Waals surface area contributed by atoms with E-state index < -0.39 is 0 Å². The topological polar surface area (TPSA) is 58.4 Å². The van der Waals surface area contributed by atoms with Crippen LogP contribution >= 0.6 is 0 Å². The number of aryl methyl sites for hydroxylation is 1. The number of rotatable bonds is 3. The highest BCUT2D eigenvalue weighted by atomic mass is 16.3. The molecule has 5 heteroatoms. The number of hydrogen-bond donors (Lipinski definition) is 1. The fourth-order valence-corrected chi connectivity index (χ4v) is 7.22. The van der Waals surface area contributed by atoms with Crippen LogP contribution in [0, 0.1) is 11.3 Å². The molecule has 2 aromatic rings. The predicted molar refractivity (Wildman–Crippen MR) is 116 cm³/mol. The number of aliphatic hydroxyl groups excluding tert-OH is 1. The van der Waals surface area contributed by atoms with Gasteiger partial charge in [-0.1, -0.05) is 19.1 Å². The van der Waals surface area contributed by atoms with Crippen LogP contribution in [0.4, 0.5) is 0 Å². The van der Waals surface area contributed by atoms with E-state index >= 15 is 0 Å². The zero-order valence-corrected chi connectivity index (χ0v) is 18.3. The number of carbonyl (C=O) groups is 1. The Morgan fingerprint density at radius 1 is 1.20 bits per heavy atom. The van der Waals surface area contributed by atoms with Crippen LogP contribution in [0.2, 0.25) is 0 Å². The Balaban J connectivity index is 1.39. The van der Waals surface area contributed by atoms with Gasteiger partial charge in [0.2, 0.25) is 5.91 Å². The van der Waals surface area contributed by atoms with Crippen LogP contribution in [0.3, 0.4) is 0 Å². The number of benzene rings is 1. The van der Waals surface area contributed by atoms with Crippen molar-refractivity contribution in [3.8, 4) is 0 Å². The Morgan fingerprint density at radius 2 is 1.93 bits per heavy atom. The first-order valence-electron chi connectivity index (χ1n) is 11.8. The molecular formula is C25H33N3O2. The number of aliphatic hydroxyl groups is 1. The molecule has 1 aromatic carbocycles. The summed E-state index contributed by atoms with van der Waals surface area (Å²) in [5.74, 6) is 0.936. The zero-order chi connectivity index (χ0) is 20.8. The summed E-state index contributed by atoms with van der Waals surface area (Å²) in [6.07, 6.45) is 7.16. The lowest BCUT2D eigenvalue weighted by Gasteiger charge is -2.52. The van der Waals surface area contributed by atoms with Crippen molar-refractivity contribution >= 4 is 16.8 Å². The van der Waals surface area contributed by atoms with E-state index in [0.29, 0.717) is 11.8 Å². The number of fused-ring (bicyclic) bond motifs is 2. The fraction of sp³-hybridized carbons (Fsp3) is 0.680. The second-order valence-corrected chi connectivity index (χ2v) is 11.0. The molecule has 1 aromatic heterocycles. The Morgan fingerprint density at radius 3 is 2.67 bits per heavy atom. The van der Waals surface area contributed by atoms with Gasteiger partial charge < -0.3 is 10.0 Å². The van der Waals surface area contributed by atoms with Crippen molar-refractivity contribution < 1.29 is 9.90 Å². The maximum absolute atomic E-state index is 13.9. The molecule has 160 valence electrons. The standard InChI is InChI=1S/C25H33N3O2/c1-14(23-22-19(15-7-8-15)5-4-6-20(22)27(3)26-23)24(30)28-17-9-16-11-25(2,12-17)13-18(28)10-21(16)29/h4-6,14-18,21,29H,7-13H2,1-3H3. The summed E-state index contributed by atoms with van der Waals surface area (Å²) < 4.78 is 1.95. The number of aromatic nitrogens is 2. The van der Waals surface area contributed by atoms with Crippen molar-refractivity contribution in [2.45, 2.75) is 88.8 Å². The predicted octanol–water partition coefficient (Wildman–Crippen LogP) is 4.09. The molecule has 6 unspecified atom stereocenters. The van der Waals surface area contributed by atoms with Crippen molar-refractivity contribution in [1.82, 2.24) is 14.7 Å². The van der Waals surface area contributed by atoms with Crippen LogP contribution in [0.1, 0.15) is 81.9 Å². The van der Waals surface area contributed by atoms with E-state index in [0.717, 1.165) is 43.3 Å². The summed E-state index contributed by atoms with van der Waals surface area (Å²) in [4.78, 5) is 16.1. The van der Waals surface area contributed by atoms with Gasteiger partial charge in [-0.15, -0.1) is 0 Å².